The van der Waals surface area contributed by atoms with Crippen molar-refractivity contribution < 1.29 is 17.9 Å². The second-order valence-electron chi connectivity index (χ2n) is 8.37. The van der Waals surface area contributed by atoms with E-state index < -0.39 is 11.7 Å². The largest absolute Gasteiger partial charge is 0.416 e. The molecule has 0 unspecified atom stereocenters. The summed E-state index contributed by atoms with van der Waals surface area (Å²) in [5.74, 6) is 1.51. The van der Waals surface area contributed by atoms with Gasteiger partial charge in [0, 0.05) is 25.6 Å². The van der Waals surface area contributed by atoms with Crippen LogP contribution >= 0.6 is 0 Å². The van der Waals surface area contributed by atoms with E-state index in [9.17, 15) is 13.2 Å². The summed E-state index contributed by atoms with van der Waals surface area (Å²) in [6.07, 6.45) is -1.66. The zero-order chi connectivity index (χ0) is 22.6. The number of likely N-dealkylation sites (tertiary alicyclic amines) is 1. The molecule has 4 nitrogen and oxygen atoms in total. The standard InChI is InChI=1S/C25H30F3N3O/c1-2-32-17-16-31-23-9-4-3-8-22(23)29-24(31)20-11-14-30(15-12-20)13-10-19-6-5-7-21(18-19)25(26,27)28/h3-9,18,20H,2,10-17H2,1H3. The first-order valence-corrected chi connectivity index (χ1v) is 11.4. The molecule has 0 atom stereocenters. The highest BCUT2D eigenvalue weighted by atomic mass is 19.4. The number of piperidine rings is 1. The van der Waals surface area contributed by atoms with Crippen LogP contribution in [0.2, 0.25) is 0 Å². The highest BCUT2D eigenvalue weighted by Gasteiger charge is 2.30. The molecule has 1 saturated heterocycles. The lowest BCUT2D eigenvalue weighted by Crippen LogP contribution is -2.35. The van der Waals surface area contributed by atoms with E-state index in [-0.39, 0.29) is 0 Å². The average Bonchev–Trinajstić information content (AvgIpc) is 3.16. The molecule has 0 radical (unpaired) electrons. The van der Waals surface area contributed by atoms with Crippen molar-refractivity contribution in [3.8, 4) is 0 Å². The summed E-state index contributed by atoms with van der Waals surface area (Å²) < 4.78 is 46.7. The molecule has 0 saturated carbocycles. The molecule has 2 heterocycles. The van der Waals surface area contributed by atoms with E-state index >= 15 is 0 Å². The number of alkyl halides is 3. The molecule has 0 N–H and O–H groups in total. The topological polar surface area (TPSA) is 30.3 Å². The lowest BCUT2D eigenvalue weighted by Gasteiger charge is -2.32. The molecule has 7 heteroatoms. The van der Waals surface area contributed by atoms with Gasteiger partial charge in [0.05, 0.1) is 23.2 Å². The molecular weight excluding hydrogens is 415 g/mol. The van der Waals surface area contributed by atoms with Gasteiger partial charge >= 0.3 is 6.18 Å². The molecule has 2 aromatic carbocycles. The third kappa shape index (κ3) is 5.33. The predicted molar refractivity (Wildman–Crippen MR) is 120 cm³/mol. The van der Waals surface area contributed by atoms with E-state index in [1.165, 1.54) is 12.1 Å². The van der Waals surface area contributed by atoms with E-state index in [2.05, 4.69) is 21.6 Å². The van der Waals surface area contributed by atoms with E-state index in [0.29, 0.717) is 25.6 Å². The van der Waals surface area contributed by atoms with Gasteiger partial charge in [0.25, 0.3) is 0 Å². The number of nitrogens with zero attached hydrogens (tertiary/aromatic N) is 3. The summed E-state index contributed by atoms with van der Waals surface area (Å²) in [7, 11) is 0. The van der Waals surface area contributed by atoms with Crippen molar-refractivity contribution in [1.29, 1.82) is 0 Å². The van der Waals surface area contributed by atoms with Crippen LogP contribution in [-0.2, 0) is 23.9 Å². The smallest absolute Gasteiger partial charge is 0.380 e. The minimum atomic E-state index is -4.29. The van der Waals surface area contributed by atoms with E-state index in [1.54, 1.807) is 6.07 Å². The summed E-state index contributed by atoms with van der Waals surface area (Å²) >= 11 is 0. The van der Waals surface area contributed by atoms with Crippen LogP contribution < -0.4 is 0 Å². The van der Waals surface area contributed by atoms with Crippen molar-refractivity contribution in [3.63, 3.8) is 0 Å². The Labute approximate surface area is 187 Å². The average molecular weight is 446 g/mol. The van der Waals surface area contributed by atoms with Crippen molar-refractivity contribution in [2.75, 3.05) is 32.8 Å². The first kappa shape index (κ1) is 22.8. The number of ether oxygens (including phenoxy) is 1. The molecule has 0 bridgehead atoms. The molecule has 4 rings (SSSR count). The number of benzene rings is 2. The number of hydrogen-bond donors (Lipinski definition) is 0. The van der Waals surface area contributed by atoms with Gasteiger partial charge in [0.1, 0.15) is 5.82 Å². The Hall–Kier alpha value is -2.38. The van der Waals surface area contributed by atoms with Gasteiger partial charge < -0.3 is 14.2 Å². The molecular formula is C25H30F3N3O. The fourth-order valence-corrected chi connectivity index (χ4v) is 4.55. The van der Waals surface area contributed by atoms with E-state index in [4.69, 9.17) is 9.72 Å². The zero-order valence-corrected chi connectivity index (χ0v) is 18.4. The van der Waals surface area contributed by atoms with Crippen molar-refractivity contribution in [2.24, 2.45) is 0 Å². The fraction of sp³-hybridized carbons (Fsp3) is 0.480. The summed E-state index contributed by atoms with van der Waals surface area (Å²) in [6.45, 7) is 6.79. The maximum absolute atomic E-state index is 12.9. The fourth-order valence-electron chi connectivity index (χ4n) is 4.55. The van der Waals surface area contributed by atoms with Crippen LogP contribution in [0.15, 0.2) is 48.5 Å². The van der Waals surface area contributed by atoms with E-state index in [0.717, 1.165) is 67.5 Å². The van der Waals surface area contributed by atoms with Gasteiger partial charge in [-0.2, -0.15) is 13.2 Å². The number of fused-ring (bicyclic) bond motifs is 1. The van der Waals surface area contributed by atoms with Crippen LogP contribution in [0.25, 0.3) is 11.0 Å². The molecule has 3 aromatic rings. The Morgan fingerprint density at radius 1 is 1.03 bits per heavy atom. The summed E-state index contributed by atoms with van der Waals surface area (Å²) in [5, 5.41) is 0. The number of rotatable bonds is 8. The van der Waals surface area contributed by atoms with E-state index in [1.807, 2.05) is 19.1 Å². The Morgan fingerprint density at radius 2 is 1.81 bits per heavy atom. The van der Waals surface area contributed by atoms with Gasteiger partial charge in [-0.1, -0.05) is 30.3 Å². The van der Waals surface area contributed by atoms with Gasteiger partial charge in [0.15, 0.2) is 0 Å². The number of halogens is 3. The molecule has 0 spiro atoms. The van der Waals surface area contributed by atoms with Crippen LogP contribution in [0.3, 0.4) is 0 Å². The molecule has 32 heavy (non-hydrogen) atoms. The minimum Gasteiger partial charge on any atom is -0.380 e. The Balaban J connectivity index is 1.38. The molecule has 1 aliphatic heterocycles. The summed E-state index contributed by atoms with van der Waals surface area (Å²) in [6, 6.07) is 13.9. The summed E-state index contributed by atoms with van der Waals surface area (Å²) in [4.78, 5) is 7.30. The lowest BCUT2D eigenvalue weighted by atomic mass is 9.95. The second kappa shape index (κ2) is 10.0. The Kier molecular flexibility index (Phi) is 7.16. The van der Waals surface area contributed by atoms with Crippen LogP contribution in [0, 0.1) is 0 Å². The highest BCUT2D eigenvalue weighted by Crippen LogP contribution is 2.31. The first-order valence-electron chi connectivity index (χ1n) is 11.4. The molecule has 0 amide bonds. The van der Waals surface area contributed by atoms with Crippen LogP contribution in [0.4, 0.5) is 13.2 Å². The van der Waals surface area contributed by atoms with Crippen LogP contribution in [0.5, 0.6) is 0 Å². The molecule has 0 aliphatic carbocycles. The first-order chi connectivity index (χ1) is 15.5. The van der Waals surface area contributed by atoms with Gasteiger partial charge in [-0.05, 0) is 63.0 Å². The zero-order valence-electron chi connectivity index (χ0n) is 18.4. The normalized spacial score (nSPS) is 16.1. The number of para-hydroxylation sites is 2. The maximum Gasteiger partial charge on any atom is 0.416 e. The quantitative estimate of drug-likeness (QED) is 0.428. The Morgan fingerprint density at radius 3 is 2.56 bits per heavy atom. The van der Waals surface area contributed by atoms with Gasteiger partial charge in [0.2, 0.25) is 0 Å². The summed E-state index contributed by atoms with van der Waals surface area (Å²) in [5.41, 5.74) is 2.33. The number of hydrogen-bond acceptors (Lipinski definition) is 3. The third-order valence-corrected chi connectivity index (χ3v) is 6.27. The van der Waals surface area contributed by atoms with Gasteiger partial charge in [-0.15, -0.1) is 0 Å². The SMILES string of the molecule is CCOCCn1c(C2CCN(CCc3cccc(C(F)(F)F)c3)CC2)nc2ccccc21. The highest BCUT2D eigenvalue weighted by molar-refractivity contribution is 5.76. The van der Waals surface area contributed by atoms with Crippen molar-refractivity contribution in [2.45, 2.75) is 44.8 Å². The van der Waals surface area contributed by atoms with Gasteiger partial charge in [-0.25, -0.2) is 4.98 Å². The van der Waals surface area contributed by atoms with Crippen molar-refractivity contribution in [1.82, 2.24) is 14.5 Å². The Bertz CT molecular complexity index is 1020. The monoisotopic (exact) mass is 445 g/mol. The second-order valence-corrected chi connectivity index (χ2v) is 8.37. The van der Waals surface area contributed by atoms with Gasteiger partial charge in [-0.3, -0.25) is 0 Å². The molecule has 1 aromatic heterocycles. The minimum absolute atomic E-state index is 0.383. The van der Waals surface area contributed by atoms with Crippen LogP contribution in [0.1, 0.15) is 42.6 Å². The number of imidazole rings is 1. The molecule has 172 valence electrons. The van der Waals surface area contributed by atoms with Crippen molar-refractivity contribution >= 4 is 11.0 Å². The lowest BCUT2D eigenvalue weighted by molar-refractivity contribution is -0.137. The van der Waals surface area contributed by atoms with Crippen molar-refractivity contribution in [3.05, 3.63) is 65.5 Å². The molecule has 1 aliphatic rings. The maximum atomic E-state index is 12.9. The predicted octanol–water partition coefficient (Wildman–Crippen LogP) is 5.51. The number of aromatic nitrogens is 2. The molecule has 1 fully saturated rings. The third-order valence-electron chi connectivity index (χ3n) is 6.27. The van der Waals surface area contributed by atoms with Crippen LogP contribution in [-0.4, -0.2) is 47.3 Å².